The fourth-order valence-corrected chi connectivity index (χ4v) is 3.56. The molecule has 0 spiro atoms. The summed E-state index contributed by atoms with van der Waals surface area (Å²) in [6.45, 7) is 1.97. The Morgan fingerprint density at radius 1 is 1.45 bits per heavy atom. The van der Waals surface area contributed by atoms with Gasteiger partial charge in [-0.05, 0) is 18.6 Å². The minimum Gasteiger partial charge on any atom is -0.326 e. The van der Waals surface area contributed by atoms with E-state index >= 15 is 0 Å². The molecule has 114 valence electrons. The van der Waals surface area contributed by atoms with Crippen LogP contribution in [0.2, 0.25) is 0 Å². The Balaban J connectivity index is 1.74. The summed E-state index contributed by atoms with van der Waals surface area (Å²) in [4.78, 5) is 32.7. The number of hydrogen-bond acceptors (Lipinski definition) is 5. The molecule has 2 aromatic rings. The first-order chi connectivity index (χ1) is 10.7. The van der Waals surface area contributed by atoms with Gasteiger partial charge in [0.15, 0.2) is 5.16 Å². The van der Waals surface area contributed by atoms with Crippen molar-refractivity contribution in [2.45, 2.75) is 31.0 Å². The van der Waals surface area contributed by atoms with E-state index in [1.54, 1.807) is 35.2 Å². The summed E-state index contributed by atoms with van der Waals surface area (Å²) in [7, 11) is 0. The maximum absolute atomic E-state index is 12.2. The Hall–Kier alpha value is -2.15. The molecule has 3 heterocycles. The van der Waals surface area contributed by atoms with Crippen molar-refractivity contribution in [3.63, 3.8) is 0 Å². The normalized spacial score (nSPS) is 16.3. The molecule has 0 saturated heterocycles. The van der Waals surface area contributed by atoms with Gasteiger partial charge in [-0.2, -0.15) is 0 Å². The first-order valence-electron chi connectivity index (χ1n) is 7.12. The Morgan fingerprint density at radius 2 is 2.23 bits per heavy atom. The molecule has 1 unspecified atom stereocenters. The molecule has 1 aliphatic rings. The number of amides is 1. The molecule has 0 radical (unpaired) electrons. The average molecular weight is 316 g/mol. The van der Waals surface area contributed by atoms with Gasteiger partial charge >= 0.3 is 0 Å². The van der Waals surface area contributed by atoms with Crippen LogP contribution in [0.1, 0.15) is 25.1 Å². The van der Waals surface area contributed by atoms with Crippen molar-refractivity contribution in [2.24, 2.45) is 0 Å². The first kappa shape index (κ1) is 14.8. The van der Waals surface area contributed by atoms with Gasteiger partial charge in [-0.1, -0.05) is 18.7 Å². The fraction of sp³-hybridized carbons (Fsp3) is 0.333. The lowest BCUT2D eigenvalue weighted by atomic mass is 10.2. The number of nitrogens with one attached hydrogen (secondary N) is 1. The summed E-state index contributed by atoms with van der Waals surface area (Å²) in [5.41, 5.74) is 1.43. The number of aromatic nitrogens is 3. The van der Waals surface area contributed by atoms with E-state index in [1.165, 1.54) is 11.8 Å². The minimum absolute atomic E-state index is 0.0754. The summed E-state index contributed by atoms with van der Waals surface area (Å²) in [5.74, 6) is 0.579. The van der Waals surface area contributed by atoms with Crippen molar-refractivity contribution >= 4 is 23.4 Å². The Morgan fingerprint density at radius 3 is 2.95 bits per heavy atom. The lowest BCUT2D eigenvalue weighted by Crippen LogP contribution is -2.27. The van der Waals surface area contributed by atoms with Gasteiger partial charge in [0.05, 0.1) is 6.04 Å². The summed E-state index contributed by atoms with van der Waals surface area (Å²) >= 11 is 1.53. The number of thioether (sulfide) groups is 1. The molecular weight excluding hydrogens is 300 g/mol. The molecule has 0 aliphatic carbocycles. The molecule has 22 heavy (non-hydrogen) atoms. The Kier molecular flexibility index (Phi) is 4.24. The third kappa shape index (κ3) is 3.04. The van der Waals surface area contributed by atoms with Gasteiger partial charge in [0.1, 0.15) is 0 Å². The zero-order valence-corrected chi connectivity index (χ0v) is 13.0. The van der Waals surface area contributed by atoms with Crippen molar-refractivity contribution in [2.75, 3.05) is 11.1 Å². The molecule has 1 N–H and O–H groups in total. The van der Waals surface area contributed by atoms with Crippen LogP contribution in [0.25, 0.3) is 0 Å². The van der Waals surface area contributed by atoms with Gasteiger partial charge in [0, 0.05) is 42.0 Å². The van der Waals surface area contributed by atoms with E-state index in [-0.39, 0.29) is 23.9 Å². The highest BCUT2D eigenvalue weighted by Crippen LogP contribution is 2.32. The van der Waals surface area contributed by atoms with Crippen LogP contribution in [-0.4, -0.2) is 26.2 Å². The van der Waals surface area contributed by atoms with Gasteiger partial charge in [-0.3, -0.25) is 19.1 Å². The van der Waals surface area contributed by atoms with E-state index < -0.39 is 0 Å². The number of fused-ring (bicyclic) bond motifs is 1. The zero-order valence-electron chi connectivity index (χ0n) is 12.2. The number of nitrogens with zero attached hydrogens (tertiary/aromatic N) is 3. The topological polar surface area (TPSA) is 76.9 Å². The van der Waals surface area contributed by atoms with Crippen molar-refractivity contribution in [1.29, 1.82) is 0 Å². The second-order valence-corrected chi connectivity index (χ2v) is 6.03. The van der Waals surface area contributed by atoms with Crippen LogP contribution >= 0.6 is 11.8 Å². The largest absolute Gasteiger partial charge is 0.326 e. The molecule has 1 aliphatic heterocycles. The predicted molar refractivity (Wildman–Crippen MR) is 85.1 cm³/mol. The lowest BCUT2D eigenvalue weighted by molar-refractivity contribution is -0.116. The number of carbonyl (C=O) groups is 1. The van der Waals surface area contributed by atoms with Crippen LogP contribution < -0.4 is 10.9 Å². The van der Waals surface area contributed by atoms with Crippen LogP contribution in [0.3, 0.4) is 0 Å². The average Bonchev–Trinajstić information content (AvgIpc) is 2.91. The van der Waals surface area contributed by atoms with E-state index in [9.17, 15) is 9.59 Å². The molecule has 0 aromatic carbocycles. The van der Waals surface area contributed by atoms with Gasteiger partial charge in [0.2, 0.25) is 5.91 Å². The maximum atomic E-state index is 12.2. The summed E-state index contributed by atoms with van der Waals surface area (Å²) in [6.07, 6.45) is 4.24. The maximum Gasteiger partial charge on any atom is 0.254 e. The monoisotopic (exact) mass is 316 g/mol. The highest BCUT2D eigenvalue weighted by Gasteiger charge is 2.27. The van der Waals surface area contributed by atoms with E-state index in [1.807, 2.05) is 6.92 Å². The smallest absolute Gasteiger partial charge is 0.254 e. The Bertz CT molecular complexity index is 745. The number of pyridine rings is 1. The second-order valence-electron chi connectivity index (χ2n) is 5.04. The van der Waals surface area contributed by atoms with Crippen molar-refractivity contribution < 1.29 is 4.79 Å². The van der Waals surface area contributed by atoms with E-state index in [2.05, 4.69) is 15.3 Å². The molecule has 3 rings (SSSR count). The molecule has 1 atom stereocenters. The number of hydrogen-bond donors (Lipinski definition) is 1. The van der Waals surface area contributed by atoms with Gasteiger partial charge < -0.3 is 5.32 Å². The van der Waals surface area contributed by atoms with E-state index in [0.29, 0.717) is 16.6 Å². The molecule has 7 heteroatoms. The highest BCUT2D eigenvalue weighted by atomic mass is 32.2. The summed E-state index contributed by atoms with van der Waals surface area (Å²) in [6, 6.07) is 4.88. The second kappa shape index (κ2) is 6.31. The third-order valence-corrected chi connectivity index (χ3v) is 4.59. The Labute approximate surface area is 132 Å². The molecule has 1 amide bonds. The molecular formula is C15H16N4O2S. The fourth-order valence-electron chi connectivity index (χ4n) is 2.39. The van der Waals surface area contributed by atoms with Crippen LogP contribution in [0.4, 0.5) is 5.69 Å². The molecule has 6 nitrogen and oxygen atoms in total. The SMILES string of the molecule is CCc1cc(=O)n2c(n1)SCC2CC(=O)Nc1ccncc1. The van der Waals surface area contributed by atoms with Crippen LogP contribution in [-0.2, 0) is 11.2 Å². The van der Waals surface area contributed by atoms with Crippen molar-refractivity contribution in [1.82, 2.24) is 14.5 Å². The molecule has 0 fully saturated rings. The van der Waals surface area contributed by atoms with E-state index in [4.69, 9.17) is 0 Å². The van der Waals surface area contributed by atoms with Crippen LogP contribution in [0.15, 0.2) is 40.5 Å². The first-order valence-corrected chi connectivity index (χ1v) is 8.11. The summed E-state index contributed by atoms with van der Waals surface area (Å²) < 4.78 is 1.63. The van der Waals surface area contributed by atoms with Crippen molar-refractivity contribution in [3.05, 3.63) is 46.6 Å². The van der Waals surface area contributed by atoms with Crippen LogP contribution in [0.5, 0.6) is 0 Å². The molecule has 0 saturated carbocycles. The summed E-state index contributed by atoms with van der Waals surface area (Å²) in [5, 5.41) is 3.53. The van der Waals surface area contributed by atoms with Gasteiger partial charge in [-0.25, -0.2) is 4.98 Å². The molecule has 2 aromatic heterocycles. The lowest BCUT2D eigenvalue weighted by Gasteiger charge is -2.13. The zero-order chi connectivity index (χ0) is 15.5. The highest BCUT2D eigenvalue weighted by molar-refractivity contribution is 7.99. The number of aryl methyl sites for hydroxylation is 1. The van der Waals surface area contributed by atoms with Crippen molar-refractivity contribution in [3.8, 4) is 0 Å². The minimum atomic E-state index is -0.146. The number of carbonyl (C=O) groups excluding carboxylic acids is 1. The number of anilines is 1. The third-order valence-electron chi connectivity index (χ3n) is 3.49. The quantitative estimate of drug-likeness (QED) is 0.872. The predicted octanol–water partition coefficient (Wildman–Crippen LogP) is 1.88. The van der Waals surface area contributed by atoms with Gasteiger partial charge in [-0.15, -0.1) is 0 Å². The van der Waals surface area contributed by atoms with Crippen LogP contribution in [0, 0.1) is 0 Å². The standard InChI is InChI=1S/C15H16N4O2S/c1-2-10-7-14(21)19-12(9-22-15(19)18-10)8-13(20)17-11-3-5-16-6-4-11/h3-7,12H,2,8-9H2,1H3,(H,16,17,20). The number of rotatable bonds is 4. The molecule has 0 bridgehead atoms. The van der Waals surface area contributed by atoms with Gasteiger partial charge in [0.25, 0.3) is 5.56 Å². The van der Waals surface area contributed by atoms with E-state index in [0.717, 1.165) is 12.1 Å².